The van der Waals surface area contributed by atoms with Crippen molar-refractivity contribution in [2.75, 3.05) is 36.2 Å². The monoisotopic (exact) mass is 294 g/mol. The summed E-state index contributed by atoms with van der Waals surface area (Å²) in [7, 11) is 3.87. The molecule has 1 aromatic heterocycles. The predicted octanol–water partition coefficient (Wildman–Crippen LogP) is 3.00. The Labute approximate surface area is 128 Å². The van der Waals surface area contributed by atoms with Crippen LogP contribution in [0.15, 0.2) is 0 Å². The summed E-state index contributed by atoms with van der Waals surface area (Å²) in [5, 5.41) is 6.62. The molecule has 1 heterocycles. The number of rotatable bonds is 9. The van der Waals surface area contributed by atoms with Gasteiger partial charge in [-0.05, 0) is 25.7 Å². The Hall–Kier alpha value is -1.59. The standard InChI is InChI=1S/C15H30N6/c1-7-9-16-13-18-14(20-15(19-13)21(5)6)17-12(4)10-11(3)8-2/h11-12H,7-10H2,1-6H3,(H2,16,17,18,19,20). The lowest BCUT2D eigenvalue weighted by Crippen LogP contribution is -2.22. The fourth-order valence-corrected chi connectivity index (χ4v) is 1.99. The Morgan fingerprint density at radius 2 is 1.71 bits per heavy atom. The lowest BCUT2D eigenvalue weighted by Gasteiger charge is -2.19. The van der Waals surface area contributed by atoms with Gasteiger partial charge in [-0.15, -0.1) is 0 Å². The topological polar surface area (TPSA) is 66.0 Å². The van der Waals surface area contributed by atoms with E-state index in [-0.39, 0.29) is 0 Å². The van der Waals surface area contributed by atoms with Gasteiger partial charge in [-0.25, -0.2) is 0 Å². The maximum Gasteiger partial charge on any atom is 0.231 e. The molecule has 2 N–H and O–H groups in total. The molecule has 0 aliphatic rings. The molecule has 0 amide bonds. The number of hydrogen-bond donors (Lipinski definition) is 2. The van der Waals surface area contributed by atoms with Crippen LogP contribution in [0.25, 0.3) is 0 Å². The van der Waals surface area contributed by atoms with E-state index in [1.54, 1.807) is 0 Å². The molecular weight excluding hydrogens is 264 g/mol. The van der Waals surface area contributed by atoms with Crippen LogP contribution in [-0.2, 0) is 0 Å². The number of anilines is 3. The minimum atomic E-state index is 0.344. The predicted molar refractivity (Wildman–Crippen MR) is 90.1 cm³/mol. The molecule has 2 unspecified atom stereocenters. The zero-order valence-electron chi connectivity index (χ0n) is 14.3. The van der Waals surface area contributed by atoms with Crippen LogP contribution in [0.4, 0.5) is 17.8 Å². The third kappa shape index (κ3) is 6.14. The molecule has 0 saturated heterocycles. The van der Waals surface area contributed by atoms with Crippen LogP contribution in [0.3, 0.4) is 0 Å². The minimum Gasteiger partial charge on any atom is -0.354 e. The summed E-state index contributed by atoms with van der Waals surface area (Å²) in [5.41, 5.74) is 0. The first-order valence-electron chi connectivity index (χ1n) is 7.90. The Morgan fingerprint density at radius 3 is 2.29 bits per heavy atom. The van der Waals surface area contributed by atoms with Gasteiger partial charge >= 0.3 is 0 Å². The number of nitrogens with one attached hydrogen (secondary N) is 2. The summed E-state index contributed by atoms with van der Waals surface area (Å²) >= 11 is 0. The van der Waals surface area contributed by atoms with E-state index >= 15 is 0 Å². The Balaban J connectivity index is 2.81. The molecular formula is C15H30N6. The molecule has 120 valence electrons. The molecule has 0 radical (unpaired) electrons. The van der Waals surface area contributed by atoms with Crippen LogP contribution in [0.2, 0.25) is 0 Å². The smallest absolute Gasteiger partial charge is 0.231 e. The van der Waals surface area contributed by atoms with E-state index in [4.69, 9.17) is 0 Å². The molecule has 0 saturated carbocycles. The van der Waals surface area contributed by atoms with Gasteiger partial charge < -0.3 is 15.5 Å². The lowest BCUT2D eigenvalue weighted by molar-refractivity contribution is 0.482. The van der Waals surface area contributed by atoms with Crippen molar-refractivity contribution >= 4 is 17.8 Å². The Morgan fingerprint density at radius 1 is 1.05 bits per heavy atom. The van der Waals surface area contributed by atoms with Crippen LogP contribution < -0.4 is 15.5 Å². The highest BCUT2D eigenvalue weighted by molar-refractivity contribution is 5.43. The van der Waals surface area contributed by atoms with Crippen LogP contribution in [0.5, 0.6) is 0 Å². The van der Waals surface area contributed by atoms with E-state index in [1.165, 1.54) is 6.42 Å². The zero-order chi connectivity index (χ0) is 15.8. The quantitative estimate of drug-likeness (QED) is 0.730. The molecule has 21 heavy (non-hydrogen) atoms. The summed E-state index contributed by atoms with van der Waals surface area (Å²) in [4.78, 5) is 15.2. The van der Waals surface area contributed by atoms with Crippen LogP contribution in [0, 0.1) is 5.92 Å². The van der Waals surface area contributed by atoms with E-state index < -0.39 is 0 Å². The van der Waals surface area contributed by atoms with Crippen molar-refractivity contribution in [3.05, 3.63) is 0 Å². The lowest BCUT2D eigenvalue weighted by atomic mass is 10.0. The van der Waals surface area contributed by atoms with Crippen molar-refractivity contribution < 1.29 is 0 Å². The Kier molecular flexibility index (Phi) is 7.19. The molecule has 0 aliphatic carbocycles. The minimum absolute atomic E-state index is 0.344. The molecule has 0 aliphatic heterocycles. The van der Waals surface area contributed by atoms with Gasteiger partial charge in [0.2, 0.25) is 17.8 Å². The molecule has 6 heteroatoms. The van der Waals surface area contributed by atoms with Crippen molar-refractivity contribution in [3.63, 3.8) is 0 Å². The van der Waals surface area contributed by atoms with Gasteiger partial charge in [-0.3, -0.25) is 0 Å². The van der Waals surface area contributed by atoms with Gasteiger partial charge in [0, 0.05) is 26.7 Å². The second kappa shape index (κ2) is 8.64. The maximum atomic E-state index is 4.47. The number of nitrogens with zero attached hydrogens (tertiary/aromatic N) is 4. The fraction of sp³-hybridized carbons (Fsp3) is 0.800. The third-order valence-corrected chi connectivity index (χ3v) is 3.39. The van der Waals surface area contributed by atoms with E-state index in [1.807, 2.05) is 19.0 Å². The first kappa shape index (κ1) is 17.5. The van der Waals surface area contributed by atoms with E-state index in [9.17, 15) is 0 Å². The molecule has 0 bridgehead atoms. The molecule has 1 rings (SSSR count). The second-order valence-electron chi connectivity index (χ2n) is 5.90. The first-order valence-corrected chi connectivity index (χ1v) is 7.90. The van der Waals surface area contributed by atoms with Crippen molar-refractivity contribution in [2.45, 2.75) is 53.0 Å². The summed E-state index contributed by atoms with van der Waals surface area (Å²) in [6, 6.07) is 0.344. The summed E-state index contributed by atoms with van der Waals surface area (Å²) in [6.07, 6.45) is 3.34. The van der Waals surface area contributed by atoms with Gasteiger partial charge in [-0.1, -0.05) is 27.2 Å². The van der Waals surface area contributed by atoms with Crippen LogP contribution in [-0.4, -0.2) is 41.6 Å². The van der Waals surface area contributed by atoms with Gasteiger partial charge in [-0.2, -0.15) is 15.0 Å². The van der Waals surface area contributed by atoms with Crippen molar-refractivity contribution in [2.24, 2.45) is 5.92 Å². The molecule has 1 aromatic rings. The van der Waals surface area contributed by atoms with E-state index in [2.05, 4.69) is 53.3 Å². The fourth-order valence-electron chi connectivity index (χ4n) is 1.99. The third-order valence-electron chi connectivity index (χ3n) is 3.39. The summed E-state index contributed by atoms with van der Waals surface area (Å²) < 4.78 is 0. The largest absolute Gasteiger partial charge is 0.354 e. The maximum absolute atomic E-state index is 4.47. The van der Waals surface area contributed by atoms with Crippen LogP contribution in [0.1, 0.15) is 47.0 Å². The molecule has 0 fully saturated rings. The van der Waals surface area contributed by atoms with E-state index in [0.29, 0.717) is 29.8 Å². The van der Waals surface area contributed by atoms with E-state index in [0.717, 1.165) is 19.4 Å². The molecule has 0 aromatic carbocycles. The average Bonchev–Trinajstić information content (AvgIpc) is 2.44. The van der Waals surface area contributed by atoms with Gasteiger partial charge in [0.25, 0.3) is 0 Å². The second-order valence-corrected chi connectivity index (χ2v) is 5.90. The highest BCUT2D eigenvalue weighted by atomic mass is 15.3. The average molecular weight is 294 g/mol. The SMILES string of the molecule is CCCNc1nc(NC(C)CC(C)CC)nc(N(C)C)n1. The molecule has 0 spiro atoms. The van der Waals surface area contributed by atoms with Gasteiger partial charge in [0.1, 0.15) is 0 Å². The van der Waals surface area contributed by atoms with Crippen molar-refractivity contribution in [3.8, 4) is 0 Å². The normalized spacial score (nSPS) is 13.6. The molecule has 2 atom stereocenters. The highest BCUT2D eigenvalue weighted by Crippen LogP contribution is 2.15. The molecule has 6 nitrogen and oxygen atoms in total. The number of hydrogen-bond acceptors (Lipinski definition) is 6. The Bertz CT molecular complexity index is 421. The summed E-state index contributed by atoms with van der Waals surface area (Å²) in [5.74, 6) is 2.64. The van der Waals surface area contributed by atoms with Crippen molar-refractivity contribution in [1.29, 1.82) is 0 Å². The highest BCUT2D eigenvalue weighted by Gasteiger charge is 2.12. The zero-order valence-corrected chi connectivity index (χ0v) is 14.3. The number of aromatic nitrogens is 3. The van der Waals surface area contributed by atoms with Gasteiger partial charge in [0.15, 0.2) is 0 Å². The van der Waals surface area contributed by atoms with Gasteiger partial charge in [0.05, 0.1) is 0 Å². The van der Waals surface area contributed by atoms with Crippen LogP contribution >= 0.6 is 0 Å². The first-order chi connectivity index (χ1) is 9.96. The van der Waals surface area contributed by atoms with Crippen molar-refractivity contribution in [1.82, 2.24) is 15.0 Å². The summed E-state index contributed by atoms with van der Waals surface area (Å²) in [6.45, 7) is 9.64.